The molecular formula is C19H18N4O2. The van der Waals surface area contributed by atoms with Crippen molar-refractivity contribution in [3.8, 4) is 11.4 Å². The molecule has 1 amide bonds. The molecule has 4 rings (SSSR count). The van der Waals surface area contributed by atoms with Crippen LogP contribution in [0.4, 0.5) is 5.69 Å². The summed E-state index contributed by atoms with van der Waals surface area (Å²) in [5.74, 6) is 0.674. The van der Waals surface area contributed by atoms with E-state index in [1.807, 2.05) is 30.5 Å². The summed E-state index contributed by atoms with van der Waals surface area (Å²) >= 11 is 0. The van der Waals surface area contributed by atoms with Gasteiger partial charge >= 0.3 is 0 Å². The predicted octanol–water partition coefficient (Wildman–Crippen LogP) is 2.83. The zero-order valence-corrected chi connectivity index (χ0v) is 13.7. The van der Waals surface area contributed by atoms with Crippen LogP contribution in [0.1, 0.15) is 28.9 Å². The average Bonchev–Trinajstić information content (AvgIpc) is 3.06. The zero-order chi connectivity index (χ0) is 17.2. The molecule has 2 aromatic heterocycles. The number of aromatic nitrogens is 3. The number of nitrogens with one attached hydrogen (secondary N) is 2. The van der Waals surface area contributed by atoms with Crippen molar-refractivity contribution in [1.29, 1.82) is 0 Å². The van der Waals surface area contributed by atoms with E-state index in [-0.39, 0.29) is 11.5 Å². The van der Waals surface area contributed by atoms with Crippen molar-refractivity contribution in [3.63, 3.8) is 0 Å². The maximum atomic E-state index is 12.3. The molecule has 2 N–H and O–H groups in total. The van der Waals surface area contributed by atoms with E-state index in [4.69, 9.17) is 0 Å². The second-order valence-corrected chi connectivity index (χ2v) is 6.16. The second kappa shape index (κ2) is 6.39. The number of carbonyl (C=O) groups is 1. The fraction of sp³-hybridized carbons (Fsp3) is 0.211. The van der Waals surface area contributed by atoms with E-state index in [0.29, 0.717) is 11.3 Å². The van der Waals surface area contributed by atoms with Gasteiger partial charge in [-0.15, -0.1) is 0 Å². The predicted molar refractivity (Wildman–Crippen MR) is 95.6 cm³/mol. The van der Waals surface area contributed by atoms with Gasteiger partial charge in [-0.3, -0.25) is 9.59 Å². The van der Waals surface area contributed by atoms with Crippen LogP contribution < -0.4 is 10.9 Å². The Labute approximate surface area is 144 Å². The molecule has 0 radical (unpaired) electrons. The maximum absolute atomic E-state index is 12.3. The third kappa shape index (κ3) is 3.10. The minimum atomic E-state index is -0.265. The fourth-order valence-electron chi connectivity index (χ4n) is 3.16. The van der Waals surface area contributed by atoms with Crippen LogP contribution in [0.5, 0.6) is 0 Å². The molecule has 1 aliphatic rings. The number of nitrogens with zero attached hydrogens (tertiary/aromatic N) is 2. The first kappa shape index (κ1) is 15.4. The average molecular weight is 334 g/mol. The van der Waals surface area contributed by atoms with Gasteiger partial charge in [0, 0.05) is 41.9 Å². The third-order valence-corrected chi connectivity index (χ3v) is 4.43. The Balaban J connectivity index is 1.59. The van der Waals surface area contributed by atoms with E-state index in [1.54, 1.807) is 0 Å². The molecule has 25 heavy (non-hydrogen) atoms. The molecule has 3 aromatic rings. The maximum Gasteiger partial charge on any atom is 0.257 e. The van der Waals surface area contributed by atoms with E-state index in [9.17, 15) is 9.59 Å². The lowest BCUT2D eigenvalue weighted by atomic mass is 10.1. The first-order chi connectivity index (χ1) is 12.2. The number of hydrogen-bond donors (Lipinski definition) is 2. The van der Waals surface area contributed by atoms with Crippen LogP contribution in [0.2, 0.25) is 0 Å². The van der Waals surface area contributed by atoms with E-state index >= 15 is 0 Å². The molecule has 0 saturated heterocycles. The summed E-state index contributed by atoms with van der Waals surface area (Å²) < 4.78 is 2.26. The number of carbonyl (C=O) groups excluding carboxylic acids is 1. The number of aromatic amines is 1. The molecule has 1 aliphatic heterocycles. The van der Waals surface area contributed by atoms with E-state index in [1.165, 1.54) is 36.9 Å². The molecule has 0 aliphatic carbocycles. The molecule has 0 spiro atoms. The van der Waals surface area contributed by atoms with Gasteiger partial charge in [0.1, 0.15) is 5.82 Å². The Bertz CT molecular complexity index is 967. The lowest BCUT2D eigenvalue weighted by molar-refractivity contribution is 0.102. The normalized spacial score (nSPS) is 13.3. The summed E-state index contributed by atoms with van der Waals surface area (Å²) in [4.78, 5) is 30.5. The smallest absolute Gasteiger partial charge is 0.257 e. The molecule has 126 valence electrons. The third-order valence-electron chi connectivity index (χ3n) is 4.43. The highest BCUT2D eigenvalue weighted by molar-refractivity contribution is 6.04. The highest BCUT2D eigenvalue weighted by Crippen LogP contribution is 2.26. The topological polar surface area (TPSA) is 79.8 Å². The van der Waals surface area contributed by atoms with Crippen LogP contribution in [-0.4, -0.2) is 20.4 Å². The van der Waals surface area contributed by atoms with Crippen molar-refractivity contribution in [3.05, 3.63) is 70.4 Å². The van der Waals surface area contributed by atoms with Crippen molar-refractivity contribution in [2.45, 2.75) is 25.8 Å². The van der Waals surface area contributed by atoms with Crippen molar-refractivity contribution in [2.24, 2.45) is 0 Å². The molecule has 0 atom stereocenters. The number of amides is 1. The van der Waals surface area contributed by atoms with Gasteiger partial charge in [0.05, 0.1) is 5.56 Å². The van der Waals surface area contributed by atoms with Gasteiger partial charge in [-0.25, -0.2) is 4.98 Å². The van der Waals surface area contributed by atoms with Crippen LogP contribution in [0.3, 0.4) is 0 Å². The van der Waals surface area contributed by atoms with Crippen LogP contribution in [-0.2, 0) is 13.0 Å². The SMILES string of the molecule is O=C(Nc1cccc(-c2ncc3n2CCCC3)c1)c1ccc(=O)[nH]c1. The standard InChI is InChI=1S/C19H18N4O2/c24-17-8-7-14(11-20-17)19(25)22-15-5-3-4-13(10-15)18-21-12-16-6-1-2-9-23(16)18/h3-5,7-8,10-12H,1-2,6,9H2,(H,20,24)(H,22,25). The number of fused-ring (bicyclic) bond motifs is 1. The van der Waals surface area contributed by atoms with Crippen molar-refractivity contribution < 1.29 is 4.79 Å². The molecule has 0 unspecified atom stereocenters. The molecular weight excluding hydrogens is 316 g/mol. The molecule has 3 heterocycles. The Morgan fingerprint density at radius 1 is 1.20 bits per heavy atom. The molecule has 0 fully saturated rings. The quantitative estimate of drug-likeness (QED) is 0.773. The number of pyridine rings is 1. The lowest BCUT2D eigenvalue weighted by Crippen LogP contribution is -2.14. The number of benzene rings is 1. The van der Waals surface area contributed by atoms with Crippen LogP contribution >= 0.6 is 0 Å². The summed E-state index contributed by atoms with van der Waals surface area (Å²) in [5.41, 5.74) is 3.11. The van der Waals surface area contributed by atoms with Gasteiger partial charge in [-0.05, 0) is 37.5 Å². The van der Waals surface area contributed by atoms with Crippen LogP contribution in [0.25, 0.3) is 11.4 Å². The van der Waals surface area contributed by atoms with Gasteiger partial charge in [-0.1, -0.05) is 12.1 Å². The Kier molecular flexibility index (Phi) is 3.93. The van der Waals surface area contributed by atoms with Crippen LogP contribution in [0.15, 0.2) is 53.6 Å². The molecule has 6 heteroatoms. The number of H-pyrrole nitrogens is 1. The van der Waals surface area contributed by atoms with Gasteiger partial charge in [-0.2, -0.15) is 0 Å². The van der Waals surface area contributed by atoms with Crippen molar-refractivity contribution in [2.75, 3.05) is 5.32 Å². The number of anilines is 1. The molecule has 1 aromatic carbocycles. The highest BCUT2D eigenvalue weighted by Gasteiger charge is 2.15. The summed E-state index contributed by atoms with van der Waals surface area (Å²) in [6.07, 6.45) is 6.79. The van der Waals surface area contributed by atoms with Gasteiger partial charge < -0.3 is 14.9 Å². The Morgan fingerprint density at radius 3 is 2.96 bits per heavy atom. The number of imidazole rings is 1. The highest BCUT2D eigenvalue weighted by atomic mass is 16.1. The van der Waals surface area contributed by atoms with Crippen molar-refractivity contribution in [1.82, 2.24) is 14.5 Å². The summed E-state index contributed by atoms with van der Waals surface area (Å²) in [6.45, 7) is 0.985. The molecule has 0 saturated carbocycles. The first-order valence-electron chi connectivity index (χ1n) is 8.36. The lowest BCUT2D eigenvalue weighted by Gasteiger charge is -2.16. The molecule has 6 nitrogen and oxygen atoms in total. The summed E-state index contributed by atoms with van der Waals surface area (Å²) in [7, 11) is 0. The minimum Gasteiger partial charge on any atom is -0.328 e. The number of aryl methyl sites for hydroxylation is 1. The van der Waals surface area contributed by atoms with E-state index in [0.717, 1.165) is 24.4 Å². The first-order valence-corrected chi connectivity index (χ1v) is 8.36. The molecule has 0 bridgehead atoms. The fourth-order valence-corrected chi connectivity index (χ4v) is 3.16. The summed E-state index contributed by atoms with van der Waals surface area (Å²) in [5, 5.41) is 2.86. The Morgan fingerprint density at radius 2 is 2.12 bits per heavy atom. The Hall–Kier alpha value is -3.15. The second-order valence-electron chi connectivity index (χ2n) is 6.16. The van der Waals surface area contributed by atoms with Crippen LogP contribution in [0, 0.1) is 0 Å². The van der Waals surface area contributed by atoms with Crippen molar-refractivity contribution >= 4 is 11.6 Å². The minimum absolute atomic E-state index is 0.234. The van der Waals surface area contributed by atoms with E-state index < -0.39 is 0 Å². The summed E-state index contributed by atoms with van der Waals surface area (Å²) in [6, 6.07) is 10.5. The number of rotatable bonds is 3. The van der Waals surface area contributed by atoms with E-state index in [2.05, 4.69) is 19.9 Å². The number of hydrogen-bond acceptors (Lipinski definition) is 3. The van der Waals surface area contributed by atoms with Gasteiger partial charge in [0.2, 0.25) is 5.56 Å². The zero-order valence-electron chi connectivity index (χ0n) is 13.7. The van der Waals surface area contributed by atoms with Gasteiger partial charge in [0.25, 0.3) is 5.91 Å². The largest absolute Gasteiger partial charge is 0.328 e. The monoisotopic (exact) mass is 334 g/mol. The van der Waals surface area contributed by atoms with Gasteiger partial charge in [0.15, 0.2) is 0 Å².